The maximum atomic E-state index is 10.9. The third kappa shape index (κ3) is 3.16. The second-order valence-electron chi connectivity index (χ2n) is 5.54. The van der Waals surface area contributed by atoms with Crippen LogP contribution in [0.3, 0.4) is 0 Å². The highest BCUT2D eigenvalue weighted by molar-refractivity contribution is 5.55. The Morgan fingerprint density at radius 1 is 1.45 bits per heavy atom. The Balaban J connectivity index is 2.17. The lowest BCUT2D eigenvalue weighted by molar-refractivity contribution is -0.384. The molecule has 20 heavy (non-hydrogen) atoms. The molecule has 7 nitrogen and oxygen atoms in total. The normalized spacial score (nSPS) is 16.5. The van der Waals surface area contributed by atoms with E-state index in [9.17, 15) is 10.1 Å². The largest absolute Gasteiger partial charge is 0.356 e. The molecule has 1 aliphatic rings. The molecule has 7 heteroatoms. The Morgan fingerprint density at radius 3 is 2.60 bits per heavy atom. The summed E-state index contributed by atoms with van der Waals surface area (Å²) in [6, 6.07) is 2.85. The van der Waals surface area contributed by atoms with E-state index in [4.69, 9.17) is 5.84 Å². The molecular weight excluding hydrogens is 258 g/mol. The minimum atomic E-state index is -0.424. The molecule has 2 heterocycles. The predicted octanol–water partition coefficient (Wildman–Crippen LogP) is 2.15. The Bertz CT molecular complexity index is 484. The summed E-state index contributed by atoms with van der Waals surface area (Å²) in [4.78, 5) is 16.9. The van der Waals surface area contributed by atoms with Gasteiger partial charge in [-0.15, -0.1) is 0 Å². The van der Waals surface area contributed by atoms with Crippen molar-refractivity contribution < 1.29 is 4.92 Å². The summed E-state index contributed by atoms with van der Waals surface area (Å²) in [6.45, 7) is 6.23. The zero-order valence-corrected chi connectivity index (χ0v) is 11.9. The molecule has 0 saturated carbocycles. The number of anilines is 2. The van der Waals surface area contributed by atoms with Crippen molar-refractivity contribution in [3.05, 3.63) is 22.2 Å². The van der Waals surface area contributed by atoms with E-state index < -0.39 is 4.92 Å². The molecule has 0 spiro atoms. The van der Waals surface area contributed by atoms with Gasteiger partial charge in [-0.3, -0.25) is 10.1 Å². The highest BCUT2D eigenvalue weighted by Gasteiger charge is 2.23. The monoisotopic (exact) mass is 279 g/mol. The first-order chi connectivity index (χ1) is 9.51. The molecule has 3 N–H and O–H groups in total. The van der Waals surface area contributed by atoms with Crippen molar-refractivity contribution in [1.82, 2.24) is 4.98 Å². The molecule has 1 aromatic rings. The lowest BCUT2D eigenvalue weighted by Gasteiger charge is -2.34. The van der Waals surface area contributed by atoms with Gasteiger partial charge in [-0.05, 0) is 24.7 Å². The number of hydrazine groups is 1. The van der Waals surface area contributed by atoms with E-state index >= 15 is 0 Å². The number of nitrogen functional groups attached to an aromatic ring is 1. The number of nitro groups is 1. The topological polar surface area (TPSA) is 97.3 Å². The number of nitrogens with one attached hydrogen (secondary N) is 1. The highest BCUT2D eigenvalue weighted by Crippen LogP contribution is 2.29. The average Bonchev–Trinajstić information content (AvgIpc) is 2.46. The summed E-state index contributed by atoms with van der Waals surface area (Å²) in [5, 5.41) is 10.9. The molecule has 0 unspecified atom stereocenters. The standard InChI is InChI=1S/C13H21N5O2/c1-9(2)10-3-5-17(6-4-10)13-8-11(18(19)20)7-12(15-13)16-14/h7-10H,3-6,14H2,1-2H3,(H,15,16). The molecule has 0 amide bonds. The Labute approximate surface area is 118 Å². The maximum absolute atomic E-state index is 10.9. The van der Waals surface area contributed by atoms with Crippen LogP contribution in [0.1, 0.15) is 26.7 Å². The zero-order chi connectivity index (χ0) is 14.7. The van der Waals surface area contributed by atoms with Crippen molar-refractivity contribution >= 4 is 17.3 Å². The number of nitrogens with zero attached hydrogens (tertiary/aromatic N) is 3. The molecule has 0 aliphatic carbocycles. The van der Waals surface area contributed by atoms with Gasteiger partial charge in [-0.1, -0.05) is 13.8 Å². The molecule has 1 saturated heterocycles. The molecule has 110 valence electrons. The van der Waals surface area contributed by atoms with Gasteiger partial charge in [0.15, 0.2) is 0 Å². The Kier molecular flexibility index (Phi) is 4.39. The van der Waals surface area contributed by atoms with Gasteiger partial charge in [0, 0.05) is 13.1 Å². The molecule has 0 radical (unpaired) electrons. The predicted molar refractivity (Wildman–Crippen MR) is 78.5 cm³/mol. The van der Waals surface area contributed by atoms with Crippen molar-refractivity contribution in [3.63, 3.8) is 0 Å². The van der Waals surface area contributed by atoms with Crippen molar-refractivity contribution in [1.29, 1.82) is 0 Å². The van der Waals surface area contributed by atoms with Gasteiger partial charge in [0.25, 0.3) is 5.69 Å². The van der Waals surface area contributed by atoms with Gasteiger partial charge in [-0.25, -0.2) is 10.8 Å². The van der Waals surface area contributed by atoms with E-state index in [1.54, 1.807) is 0 Å². The minimum Gasteiger partial charge on any atom is -0.356 e. The molecular formula is C13H21N5O2. The van der Waals surface area contributed by atoms with Crippen molar-refractivity contribution in [2.75, 3.05) is 23.4 Å². The van der Waals surface area contributed by atoms with Crippen LogP contribution in [0.2, 0.25) is 0 Å². The average molecular weight is 279 g/mol. The number of hydrogen-bond donors (Lipinski definition) is 2. The molecule has 0 atom stereocenters. The fourth-order valence-electron chi connectivity index (χ4n) is 2.64. The van der Waals surface area contributed by atoms with E-state index in [2.05, 4.69) is 29.2 Å². The summed E-state index contributed by atoms with van der Waals surface area (Å²) in [7, 11) is 0. The number of nitrogens with two attached hydrogens (primary N) is 1. The first-order valence-electron chi connectivity index (χ1n) is 6.89. The summed E-state index contributed by atoms with van der Waals surface area (Å²) < 4.78 is 0. The number of aromatic nitrogens is 1. The zero-order valence-electron chi connectivity index (χ0n) is 11.9. The quantitative estimate of drug-likeness (QED) is 0.498. The van der Waals surface area contributed by atoms with E-state index in [1.165, 1.54) is 12.1 Å². The van der Waals surface area contributed by atoms with Crippen LogP contribution in [0.4, 0.5) is 17.3 Å². The molecule has 0 aromatic carbocycles. The van der Waals surface area contributed by atoms with Crippen LogP contribution in [-0.4, -0.2) is 23.0 Å². The van der Waals surface area contributed by atoms with E-state index in [0.29, 0.717) is 17.6 Å². The van der Waals surface area contributed by atoms with E-state index in [1.807, 2.05) is 0 Å². The number of rotatable bonds is 4. The fourth-order valence-corrected chi connectivity index (χ4v) is 2.64. The van der Waals surface area contributed by atoms with Gasteiger partial charge < -0.3 is 10.3 Å². The van der Waals surface area contributed by atoms with Crippen LogP contribution in [0.15, 0.2) is 12.1 Å². The highest BCUT2D eigenvalue weighted by atomic mass is 16.6. The smallest absolute Gasteiger partial charge is 0.276 e. The van der Waals surface area contributed by atoms with E-state index in [-0.39, 0.29) is 5.69 Å². The van der Waals surface area contributed by atoms with Crippen LogP contribution in [-0.2, 0) is 0 Å². The van der Waals surface area contributed by atoms with Gasteiger partial charge in [-0.2, -0.15) is 0 Å². The van der Waals surface area contributed by atoms with Crippen LogP contribution < -0.4 is 16.2 Å². The van der Waals surface area contributed by atoms with Gasteiger partial charge in [0.2, 0.25) is 0 Å². The second-order valence-corrected chi connectivity index (χ2v) is 5.54. The van der Waals surface area contributed by atoms with Gasteiger partial charge in [0.1, 0.15) is 11.6 Å². The Hall–Kier alpha value is -1.89. The maximum Gasteiger partial charge on any atom is 0.276 e. The summed E-state index contributed by atoms with van der Waals surface area (Å²) in [5.74, 6) is 7.66. The SMILES string of the molecule is CC(C)C1CCN(c2cc([N+](=O)[O-])cc(NN)n2)CC1. The second kappa shape index (κ2) is 6.04. The van der Waals surface area contributed by atoms with Gasteiger partial charge in [0.05, 0.1) is 17.1 Å². The number of pyridine rings is 1. The molecule has 1 fully saturated rings. The molecule has 2 rings (SSSR count). The summed E-state index contributed by atoms with van der Waals surface area (Å²) in [6.07, 6.45) is 2.18. The minimum absolute atomic E-state index is 0.00827. The van der Waals surface area contributed by atoms with Crippen LogP contribution in [0, 0.1) is 22.0 Å². The lowest BCUT2D eigenvalue weighted by atomic mass is 9.87. The number of piperidine rings is 1. The van der Waals surface area contributed by atoms with Gasteiger partial charge >= 0.3 is 0 Å². The lowest BCUT2D eigenvalue weighted by Crippen LogP contribution is -2.35. The van der Waals surface area contributed by atoms with E-state index in [0.717, 1.165) is 31.8 Å². The number of hydrogen-bond acceptors (Lipinski definition) is 6. The summed E-state index contributed by atoms with van der Waals surface area (Å²) >= 11 is 0. The summed E-state index contributed by atoms with van der Waals surface area (Å²) in [5.41, 5.74) is 2.39. The van der Waals surface area contributed by atoms with Crippen LogP contribution in [0.5, 0.6) is 0 Å². The molecule has 0 bridgehead atoms. The fraction of sp³-hybridized carbons (Fsp3) is 0.615. The van der Waals surface area contributed by atoms with Crippen LogP contribution in [0.25, 0.3) is 0 Å². The van der Waals surface area contributed by atoms with Crippen molar-refractivity contribution in [2.24, 2.45) is 17.7 Å². The Morgan fingerprint density at radius 2 is 2.10 bits per heavy atom. The van der Waals surface area contributed by atoms with Crippen molar-refractivity contribution in [2.45, 2.75) is 26.7 Å². The third-order valence-electron chi connectivity index (χ3n) is 3.96. The van der Waals surface area contributed by atoms with Crippen molar-refractivity contribution in [3.8, 4) is 0 Å². The first-order valence-corrected chi connectivity index (χ1v) is 6.89. The third-order valence-corrected chi connectivity index (χ3v) is 3.96. The molecule has 1 aliphatic heterocycles. The van der Waals surface area contributed by atoms with Crippen LogP contribution >= 0.6 is 0 Å². The first kappa shape index (κ1) is 14.5. The molecule has 1 aromatic heterocycles.